The Balaban J connectivity index is 5.17. The van der Waals surface area contributed by atoms with Gasteiger partial charge in [-0.15, -0.1) is 0 Å². The number of unbranched alkanes of at least 4 members (excludes halogenated alkanes) is 3. The Bertz CT molecular complexity index is 284. The molecule has 0 fully saturated rings. The summed E-state index contributed by atoms with van der Waals surface area (Å²) >= 11 is 1.52. The lowest BCUT2D eigenvalue weighted by molar-refractivity contribution is -0.357. The zero-order valence-electron chi connectivity index (χ0n) is 11.9. The van der Waals surface area contributed by atoms with E-state index >= 15 is 0 Å². The number of hydrogen-bond acceptors (Lipinski definition) is 0. The van der Waals surface area contributed by atoms with Gasteiger partial charge in [0, 0.05) is 9.84 Å². The summed E-state index contributed by atoms with van der Waals surface area (Å²) in [6.45, 7) is 3.10. The van der Waals surface area contributed by atoms with E-state index in [-0.39, 0.29) is 6.42 Å². The summed E-state index contributed by atoms with van der Waals surface area (Å²) in [7, 11) is 0. The minimum absolute atomic E-state index is 0.150. The molecule has 0 radical (unpaired) electrons. The van der Waals surface area contributed by atoms with Crippen LogP contribution in [-0.4, -0.2) is 21.9 Å². The zero-order valence-corrected chi connectivity index (χ0v) is 14.1. The van der Waals surface area contributed by atoms with E-state index in [9.17, 15) is 30.7 Å². The van der Waals surface area contributed by atoms with Gasteiger partial charge in [0.15, 0.2) is 0 Å². The second-order valence-electron chi connectivity index (χ2n) is 5.09. The van der Waals surface area contributed by atoms with Crippen molar-refractivity contribution >= 4 is 22.6 Å². The van der Waals surface area contributed by atoms with Crippen molar-refractivity contribution in [2.75, 3.05) is 0 Å². The molecule has 21 heavy (non-hydrogen) atoms. The summed E-state index contributed by atoms with van der Waals surface area (Å²) in [5.41, 5.74) is -5.15. The highest BCUT2D eigenvalue weighted by Gasteiger charge is 2.76. The molecule has 0 aromatic rings. The Hall–Kier alpha value is 0.240. The van der Waals surface area contributed by atoms with Gasteiger partial charge in [-0.1, -0.05) is 62.1 Å². The van der Waals surface area contributed by atoms with Crippen molar-refractivity contribution < 1.29 is 30.7 Å². The molecule has 0 aromatic carbocycles. The van der Waals surface area contributed by atoms with E-state index in [1.54, 1.807) is 0 Å². The van der Waals surface area contributed by atoms with E-state index in [4.69, 9.17) is 0 Å². The van der Waals surface area contributed by atoms with Crippen molar-refractivity contribution in [3.05, 3.63) is 0 Å². The zero-order chi connectivity index (χ0) is 16.9. The Morgan fingerprint density at radius 3 is 1.62 bits per heavy atom. The van der Waals surface area contributed by atoms with E-state index in [0.717, 1.165) is 26.2 Å². The van der Waals surface area contributed by atoms with Crippen LogP contribution in [0.25, 0.3) is 0 Å². The molecule has 0 nitrogen and oxygen atoms in total. The van der Waals surface area contributed by atoms with Gasteiger partial charge in [0.1, 0.15) is 0 Å². The fourth-order valence-corrected chi connectivity index (χ4v) is 3.78. The highest BCUT2D eigenvalue weighted by Crippen LogP contribution is 2.54. The Morgan fingerprint density at radius 2 is 1.29 bits per heavy atom. The number of rotatable bonds is 8. The summed E-state index contributed by atoms with van der Waals surface area (Å²) in [6.07, 6.45) is -9.29. The summed E-state index contributed by atoms with van der Waals surface area (Å²) < 4.78 is 89.5. The van der Waals surface area contributed by atoms with Gasteiger partial charge in [0.2, 0.25) is 0 Å². The van der Waals surface area contributed by atoms with Crippen molar-refractivity contribution in [1.29, 1.82) is 0 Å². The van der Waals surface area contributed by atoms with Crippen LogP contribution in [0.1, 0.15) is 52.4 Å². The molecule has 8 heteroatoms. The van der Waals surface area contributed by atoms with E-state index in [2.05, 4.69) is 0 Å². The molecule has 0 heterocycles. The number of halogens is 8. The van der Waals surface area contributed by atoms with E-state index in [1.807, 2.05) is 6.92 Å². The highest BCUT2D eigenvalue weighted by atomic mass is 127. The van der Waals surface area contributed by atoms with Crippen molar-refractivity contribution in [2.45, 2.75) is 74.3 Å². The third-order valence-corrected chi connectivity index (χ3v) is 5.04. The lowest BCUT2D eigenvalue weighted by Gasteiger charge is -2.38. The van der Waals surface area contributed by atoms with Crippen LogP contribution in [0.5, 0.6) is 0 Å². The molecule has 2 unspecified atom stereocenters. The molecule has 0 rings (SSSR count). The van der Waals surface area contributed by atoms with Gasteiger partial charge in [-0.25, -0.2) is 4.39 Å². The standard InChI is InChI=1S/C13H20F7I/c1-3-5-6-7-8-10(21)9(4-2)11(14,12(15,16)17)13(18,19)20/h9-10H,3-8H2,1-2H3. The largest absolute Gasteiger partial charge is 0.431 e. The van der Waals surface area contributed by atoms with Crippen LogP contribution >= 0.6 is 22.6 Å². The van der Waals surface area contributed by atoms with Crippen LogP contribution in [0.4, 0.5) is 30.7 Å². The first-order valence-electron chi connectivity index (χ1n) is 6.89. The van der Waals surface area contributed by atoms with Gasteiger partial charge in [-0.2, -0.15) is 26.3 Å². The van der Waals surface area contributed by atoms with Crippen LogP contribution in [0.2, 0.25) is 0 Å². The average molecular weight is 436 g/mol. The first-order valence-corrected chi connectivity index (χ1v) is 8.14. The Morgan fingerprint density at radius 1 is 0.810 bits per heavy atom. The van der Waals surface area contributed by atoms with E-state index in [1.165, 1.54) is 22.6 Å². The summed E-state index contributed by atoms with van der Waals surface area (Å²) in [6, 6.07) is 0. The second-order valence-corrected chi connectivity index (χ2v) is 6.69. The predicted molar refractivity (Wildman–Crippen MR) is 76.3 cm³/mol. The van der Waals surface area contributed by atoms with Crippen LogP contribution in [0.3, 0.4) is 0 Å². The van der Waals surface area contributed by atoms with Gasteiger partial charge in [-0.05, 0) is 12.8 Å². The Labute approximate surface area is 134 Å². The monoisotopic (exact) mass is 436 g/mol. The minimum Gasteiger partial charge on any atom is -0.223 e. The van der Waals surface area contributed by atoms with Gasteiger partial charge in [0.05, 0.1) is 0 Å². The van der Waals surface area contributed by atoms with Gasteiger partial charge < -0.3 is 0 Å². The quantitative estimate of drug-likeness (QED) is 0.174. The smallest absolute Gasteiger partial charge is 0.223 e. The fraction of sp³-hybridized carbons (Fsp3) is 1.00. The van der Waals surface area contributed by atoms with E-state index in [0.29, 0.717) is 6.42 Å². The maximum Gasteiger partial charge on any atom is 0.431 e. The predicted octanol–water partition coefficient (Wildman–Crippen LogP) is 6.62. The molecule has 0 N–H and O–H groups in total. The summed E-state index contributed by atoms with van der Waals surface area (Å²) in [5, 5.41) is 0. The molecule has 0 bridgehead atoms. The normalized spacial score (nSPS) is 16.9. The molecule has 0 aromatic heterocycles. The highest BCUT2D eigenvalue weighted by molar-refractivity contribution is 14.1. The van der Waals surface area contributed by atoms with Crippen molar-refractivity contribution in [2.24, 2.45) is 5.92 Å². The molecular formula is C13H20F7I. The lowest BCUT2D eigenvalue weighted by Crippen LogP contribution is -2.60. The summed E-state index contributed by atoms with van der Waals surface area (Å²) in [5.74, 6) is -2.13. The maximum absolute atomic E-state index is 14.0. The third-order valence-electron chi connectivity index (χ3n) is 3.55. The topological polar surface area (TPSA) is 0 Å². The van der Waals surface area contributed by atoms with Crippen molar-refractivity contribution in [3.8, 4) is 0 Å². The third kappa shape index (κ3) is 5.13. The molecule has 0 amide bonds. The Kier molecular flexibility index (Phi) is 8.29. The fourth-order valence-electron chi connectivity index (χ4n) is 2.33. The lowest BCUT2D eigenvalue weighted by atomic mass is 9.81. The molecule has 2 atom stereocenters. The molecule has 128 valence electrons. The van der Waals surface area contributed by atoms with Crippen molar-refractivity contribution in [3.63, 3.8) is 0 Å². The van der Waals surface area contributed by atoms with Crippen LogP contribution < -0.4 is 0 Å². The molecule has 0 aliphatic rings. The van der Waals surface area contributed by atoms with Crippen LogP contribution in [0, 0.1) is 5.92 Å². The summed E-state index contributed by atoms with van der Waals surface area (Å²) in [4.78, 5) is 0. The van der Waals surface area contributed by atoms with Crippen molar-refractivity contribution in [1.82, 2.24) is 0 Å². The number of alkyl halides is 8. The molecular weight excluding hydrogens is 416 g/mol. The van der Waals surface area contributed by atoms with Crippen LogP contribution in [-0.2, 0) is 0 Å². The number of hydrogen-bond donors (Lipinski definition) is 0. The first kappa shape index (κ1) is 21.2. The molecule has 0 spiro atoms. The SMILES string of the molecule is CCCCCCC(I)C(CC)C(F)(C(F)(F)F)C(F)(F)F. The van der Waals surface area contributed by atoms with Gasteiger partial charge >= 0.3 is 18.0 Å². The average Bonchev–Trinajstić information content (AvgIpc) is 2.32. The van der Waals surface area contributed by atoms with Crippen LogP contribution in [0.15, 0.2) is 0 Å². The van der Waals surface area contributed by atoms with Gasteiger partial charge in [0.25, 0.3) is 0 Å². The first-order chi connectivity index (χ1) is 9.43. The van der Waals surface area contributed by atoms with Gasteiger partial charge in [-0.3, -0.25) is 0 Å². The minimum atomic E-state index is -5.96. The molecule has 0 aliphatic heterocycles. The molecule has 0 saturated heterocycles. The maximum atomic E-state index is 14.0. The second kappa shape index (κ2) is 8.19. The molecule has 0 saturated carbocycles. The molecule has 0 aliphatic carbocycles. The van der Waals surface area contributed by atoms with E-state index < -0.39 is 34.3 Å².